The SMILES string of the molecule is CS(=O)(=O)c1cc(Br)ccc1C(=O)c1conc1C1CC1. The number of benzene rings is 1. The van der Waals surface area contributed by atoms with Crippen molar-refractivity contribution in [3.63, 3.8) is 0 Å². The van der Waals surface area contributed by atoms with Crippen LogP contribution in [0.1, 0.15) is 40.4 Å². The molecule has 0 radical (unpaired) electrons. The molecule has 0 bridgehead atoms. The van der Waals surface area contributed by atoms with Gasteiger partial charge in [-0.2, -0.15) is 0 Å². The van der Waals surface area contributed by atoms with E-state index in [1.807, 2.05) is 0 Å². The van der Waals surface area contributed by atoms with E-state index in [4.69, 9.17) is 4.52 Å². The molecule has 7 heteroatoms. The zero-order chi connectivity index (χ0) is 15.2. The second-order valence-corrected chi connectivity index (χ2v) is 8.03. The lowest BCUT2D eigenvalue weighted by atomic mass is 10.0. The molecular formula is C14H12BrNO4S. The third-order valence-corrected chi connectivity index (χ3v) is 5.02. The van der Waals surface area contributed by atoms with Crippen molar-refractivity contribution in [1.82, 2.24) is 5.16 Å². The Kier molecular flexibility index (Phi) is 3.49. The minimum absolute atomic E-state index is 0.00446. The minimum Gasteiger partial charge on any atom is -0.364 e. The average molecular weight is 370 g/mol. The fraction of sp³-hybridized carbons (Fsp3) is 0.286. The summed E-state index contributed by atoms with van der Waals surface area (Å²) in [6.07, 6.45) is 4.34. The number of hydrogen-bond acceptors (Lipinski definition) is 5. The highest BCUT2D eigenvalue weighted by Gasteiger charge is 2.33. The van der Waals surface area contributed by atoms with E-state index >= 15 is 0 Å². The second-order valence-electron chi connectivity index (χ2n) is 5.13. The number of halogens is 1. The van der Waals surface area contributed by atoms with E-state index in [9.17, 15) is 13.2 Å². The van der Waals surface area contributed by atoms with Crippen LogP contribution in [0.4, 0.5) is 0 Å². The Morgan fingerprint density at radius 1 is 1.33 bits per heavy atom. The molecule has 1 heterocycles. The zero-order valence-electron chi connectivity index (χ0n) is 11.2. The van der Waals surface area contributed by atoms with Gasteiger partial charge in [-0.05, 0) is 31.0 Å². The number of nitrogens with zero attached hydrogens (tertiary/aromatic N) is 1. The van der Waals surface area contributed by atoms with Gasteiger partial charge in [-0.1, -0.05) is 21.1 Å². The van der Waals surface area contributed by atoms with E-state index in [2.05, 4.69) is 21.1 Å². The van der Waals surface area contributed by atoms with Crippen molar-refractivity contribution in [1.29, 1.82) is 0 Å². The predicted octanol–water partition coefficient (Wildman–Crippen LogP) is 2.95. The summed E-state index contributed by atoms with van der Waals surface area (Å²) in [7, 11) is -3.51. The summed E-state index contributed by atoms with van der Waals surface area (Å²) in [5.41, 5.74) is 1.12. The lowest BCUT2D eigenvalue weighted by Gasteiger charge is -2.07. The molecule has 0 atom stereocenters. The van der Waals surface area contributed by atoms with Crippen LogP contribution in [0.3, 0.4) is 0 Å². The average Bonchev–Trinajstić information content (AvgIpc) is 3.14. The van der Waals surface area contributed by atoms with Crippen LogP contribution in [0.15, 0.2) is 38.4 Å². The lowest BCUT2D eigenvalue weighted by Crippen LogP contribution is -2.10. The van der Waals surface area contributed by atoms with Crippen LogP contribution in [-0.2, 0) is 9.84 Å². The Balaban J connectivity index is 2.12. The first-order chi connectivity index (χ1) is 9.88. The van der Waals surface area contributed by atoms with Crippen LogP contribution in [0, 0.1) is 0 Å². The van der Waals surface area contributed by atoms with Crippen molar-refractivity contribution in [3.8, 4) is 0 Å². The van der Waals surface area contributed by atoms with Crippen LogP contribution in [-0.4, -0.2) is 25.6 Å². The van der Waals surface area contributed by atoms with E-state index in [1.54, 1.807) is 6.07 Å². The van der Waals surface area contributed by atoms with Crippen molar-refractivity contribution >= 4 is 31.6 Å². The first-order valence-corrected chi connectivity index (χ1v) is 9.05. The Morgan fingerprint density at radius 3 is 2.67 bits per heavy atom. The van der Waals surface area contributed by atoms with E-state index in [1.165, 1.54) is 18.4 Å². The van der Waals surface area contributed by atoms with Gasteiger partial charge in [0.15, 0.2) is 15.6 Å². The van der Waals surface area contributed by atoms with Gasteiger partial charge in [0.05, 0.1) is 16.2 Å². The maximum atomic E-state index is 12.7. The minimum atomic E-state index is -3.51. The third kappa shape index (κ3) is 2.80. The molecule has 1 saturated carbocycles. The second kappa shape index (κ2) is 5.06. The molecule has 1 aliphatic rings. The standard InChI is InChI=1S/C14H12BrNO4S/c1-21(18,19)12-6-9(15)4-5-10(12)14(17)11-7-20-16-13(11)8-2-3-8/h4-8H,2-3H2,1H3. The maximum Gasteiger partial charge on any atom is 0.199 e. The molecule has 0 aliphatic heterocycles. The van der Waals surface area contributed by atoms with Crippen LogP contribution in [0.2, 0.25) is 0 Å². The Morgan fingerprint density at radius 2 is 2.05 bits per heavy atom. The smallest absolute Gasteiger partial charge is 0.199 e. The molecule has 0 spiro atoms. The number of sulfone groups is 1. The summed E-state index contributed by atoms with van der Waals surface area (Å²) >= 11 is 3.23. The van der Waals surface area contributed by atoms with Gasteiger partial charge in [0.2, 0.25) is 0 Å². The summed E-state index contributed by atoms with van der Waals surface area (Å²) in [6, 6.07) is 4.59. The molecule has 5 nitrogen and oxygen atoms in total. The highest BCUT2D eigenvalue weighted by atomic mass is 79.9. The largest absolute Gasteiger partial charge is 0.364 e. The van der Waals surface area contributed by atoms with Crippen LogP contribution < -0.4 is 0 Å². The van der Waals surface area contributed by atoms with Crippen LogP contribution in [0.5, 0.6) is 0 Å². The van der Waals surface area contributed by atoms with Crippen molar-refractivity contribution in [3.05, 3.63) is 45.8 Å². The van der Waals surface area contributed by atoms with Gasteiger partial charge in [0.25, 0.3) is 0 Å². The van der Waals surface area contributed by atoms with Gasteiger partial charge in [-0.3, -0.25) is 4.79 Å². The van der Waals surface area contributed by atoms with Crippen LogP contribution in [0.25, 0.3) is 0 Å². The Hall–Kier alpha value is -1.47. The molecule has 1 aromatic carbocycles. The van der Waals surface area contributed by atoms with Crippen molar-refractivity contribution in [2.45, 2.75) is 23.7 Å². The molecule has 0 saturated heterocycles. The number of carbonyl (C=O) groups excluding carboxylic acids is 1. The van der Waals surface area contributed by atoms with Crippen LogP contribution >= 0.6 is 15.9 Å². The van der Waals surface area contributed by atoms with Crippen molar-refractivity contribution in [2.24, 2.45) is 0 Å². The van der Waals surface area contributed by atoms with Crippen molar-refractivity contribution < 1.29 is 17.7 Å². The fourth-order valence-corrected chi connectivity index (χ4v) is 3.62. The molecule has 21 heavy (non-hydrogen) atoms. The monoisotopic (exact) mass is 369 g/mol. The number of ketones is 1. The van der Waals surface area contributed by atoms with Gasteiger partial charge in [-0.25, -0.2) is 8.42 Å². The Bertz CT molecular complexity index is 821. The molecule has 110 valence electrons. The highest BCUT2D eigenvalue weighted by molar-refractivity contribution is 9.10. The van der Waals surface area contributed by atoms with Gasteiger partial charge >= 0.3 is 0 Å². The van der Waals surface area contributed by atoms with Gasteiger partial charge in [-0.15, -0.1) is 0 Å². The first-order valence-electron chi connectivity index (χ1n) is 6.36. The third-order valence-electron chi connectivity index (χ3n) is 3.39. The summed E-state index contributed by atoms with van der Waals surface area (Å²) in [5, 5.41) is 3.88. The van der Waals surface area contributed by atoms with E-state index in [-0.39, 0.29) is 22.2 Å². The number of rotatable bonds is 4. The fourth-order valence-electron chi connectivity index (χ4n) is 2.20. The number of aromatic nitrogens is 1. The molecule has 3 rings (SSSR count). The molecule has 0 amide bonds. The molecule has 0 N–H and O–H groups in total. The van der Waals surface area contributed by atoms with Gasteiger partial charge in [0.1, 0.15) is 6.26 Å². The topological polar surface area (TPSA) is 77.2 Å². The quantitative estimate of drug-likeness (QED) is 0.774. The first kappa shape index (κ1) is 14.5. The number of carbonyl (C=O) groups is 1. The summed E-state index contributed by atoms with van der Waals surface area (Å²) in [5.74, 6) is -0.120. The molecule has 1 fully saturated rings. The lowest BCUT2D eigenvalue weighted by molar-refractivity contribution is 0.103. The summed E-state index contributed by atoms with van der Waals surface area (Å²) in [4.78, 5) is 12.7. The highest BCUT2D eigenvalue weighted by Crippen LogP contribution is 2.41. The van der Waals surface area contributed by atoms with E-state index < -0.39 is 9.84 Å². The molecule has 0 unspecified atom stereocenters. The predicted molar refractivity (Wildman–Crippen MR) is 79.2 cm³/mol. The van der Waals surface area contributed by atoms with E-state index in [0.29, 0.717) is 15.7 Å². The van der Waals surface area contributed by atoms with Crippen molar-refractivity contribution in [2.75, 3.05) is 6.26 Å². The Labute approximate surface area is 130 Å². The molecule has 2 aromatic rings. The van der Waals surface area contributed by atoms with Gasteiger partial charge < -0.3 is 4.52 Å². The summed E-state index contributed by atoms with van der Waals surface area (Å²) in [6.45, 7) is 0. The normalized spacial score (nSPS) is 15.1. The molecular weight excluding hydrogens is 358 g/mol. The molecule has 1 aliphatic carbocycles. The van der Waals surface area contributed by atoms with E-state index in [0.717, 1.165) is 19.1 Å². The summed E-state index contributed by atoms with van der Waals surface area (Å²) < 4.78 is 29.3. The maximum absolute atomic E-state index is 12.7. The molecule has 1 aromatic heterocycles. The van der Waals surface area contributed by atoms with Gasteiger partial charge in [0, 0.05) is 22.2 Å². The zero-order valence-corrected chi connectivity index (χ0v) is 13.6. The number of hydrogen-bond donors (Lipinski definition) is 0.